The summed E-state index contributed by atoms with van der Waals surface area (Å²) in [7, 11) is 1.85. The van der Waals surface area contributed by atoms with Crippen LogP contribution < -0.4 is 10.5 Å². The number of amides is 1. The van der Waals surface area contributed by atoms with E-state index in [1.165, 1.54) is 23.1 Å². The Hall–Kier alpha value is -4.41. The Bertz CT molecular complexity index is 1750. The largest absolute Gasteiger partial charge is 0.465 e. The second kappa shape index (κ2) is 9.81. The second-order valence-electron chi connectivity index (χ2n) is 8.45. The van der Waals surface area contributed by atoms with Crippen LogP contribution in [0.25, 0.3) is 23.0 Å². The maximum Gasteiger partial charge on any atom is 0.281 e. The molecule has 1 amide bonds. The number of carbonyl (C=O) groups is 1. The van der Waals surface area contributed by atoms with Crippen molar-refractivity contribution < 1.29 is 9.21 Å². The van der Waals surface area contributed by atoms with Crippen LogP contribution in [0.4, 0.5) is 10.8 Å². The number of hydrogen-bond donors (Lipinski definition) is 0. The summed E-state index contributed by atoms with van der Waals surface area (Å²) in [5, 5.41) is 2.75. The molecule has 6 rings (SSSR count). The molecule has 1 fully saturated rings. The molecule has 5 aromatic rings. The molecule has 0 aliphatic carbocycles. The van der Waals surface area contributed by atoms with Crippen molar-refractivity contribution in [2.45, 2.75) is 6.92 Å². The molecule has 4 heterocycles. The average molecular weight is 540 g/mol. The van der Waals surface area contributed by atoms with Crippen LogP contribution in [0, 0.1) is 6.92 Å². The summed E-state index contributed by atoms with van der Waals surface area (Å²) in [6.45, 7) is 1.90. The zero-order chi connectivity index (χ0) is 26.2. The lowest BCUT2D eigenvalue weighted by Crippen LogP contribution is -2.28. The fourth-order valence-electron chi connectivity index (χ4n) is 4.23. The SMILES string of the molecule is Cc1c(-c2csc(/N=C3\S/C(=C\c4ccco4)C(=O)N3c3ccccc3)n2)c(=O)n(-c2ccccc2)n1C. The number of rotatable bonds is 5. The van der Waals surface area contributed by atoms with Gasteiger partial charge in [0.1, 0.15) is 5.76 Å². The van der Waals surface area contributed by atoms with Crippen LogP contribution in [0.1, 0.15) is 11.5 Å². The van der Waals surface area contributed by atoms with Crippen molar-refractivity contribution >= 4 is 51.1 Å². The minimum atomic E-state index is -0.196. The fourth-order valence-corrected chi connectivity index (χ4v) is 5.93. The molecule has 0 unspecified atom stereocenters. The lowest BCUT2D eigenvalue weighted by molar-refractivity contribution is -0.113. The molecule has 0 bridgehead atoms. The molecule has 1 saturated heterocycles. The molecule has 0 saturated carbocycles. The number of benzene rings is 2. The fraction of sp³-hybridized carbons (Fsp3) is 0.0714. The van der Waals surface area contributed by atoms with Crippen molar-refractivity contribution in [3.63, 3.8) is 0 Å². The van der Waals surface area contributed by atoms with Crippen molar-refractivity contribution in [3.8, 4) is 16.9 Å². The minimum Gasteiger partial charge on any atom is -0.465 e. The van der Waals surface area contributed by atoms with Gasteiger partial charge in [0, 0.05) is 24.2 Å². The van der Waals surface area contributed by atoms with Gasteiger partial charge in [0.2, 0.25) is 5.13 Å². The number of carbonyl (C=O) groups excluding carboxylic acids is 1. The normalized spacial score (nSPS) is 15.7. The number of furan rings is 1. The van der Waals surface area contributed by atoms with Crippen LogP contribution in [-0.4, -0.2) is 25.4 Å². The standard InChI is InChI=1S/C28H21N5O3S2/c1-18-24(26(35)33(31(18)2)20-12-7-4-8-13-20)22-17-37-27(29-22)30-28-32(19-10-5-3-6-11-19)25(34)23(38-28)16-21-14-9-15-36-21/h3-17H,1-2H3/b23-16-,30-28-. The smallest absolute Gasteiger partial charge is 0.281 e. The number of thiazole rings is 1. The predicted octanol–water partition coefficient (Wildman–Crippen LogP) is 6.01. The number of thioether (sulfide) groups is 1. The number of hydrogen-bond acceptors (Lipinski definition) is 7. The van der Waals surface area contributed by atoms with E-state index in [0.29, 0.717) is 37.9 Å². The number of amidine groups is 1. The van der Waals surface area contributed by atoms with E-state index in [4.69, 9.17) is 9.41 Å². The summed E-state index contributed by atoms with van der Waals surface area (Å²) in [5.41, 5.74) is 3.19. The Balaban J connectivity index is 1.40. The molecule has 188 valence electrons. The van der Waals surface area contributed by atoms with Gasteiger partial charge in [-0.3, -0.25) is 19.2 Å². The third kappa shape index (κ3) is 4.23. The maximum atomic E-state index is 13.4. The lowest BCUT2D eigenvalue weighted by Gasteiger charge is -2.14. The van der Waals surface area contributed by atoms with Crippen LogP contribution in [0.5, 0.6) is 0 Å². The summed E-state index contributed by atoms with van der Waals surface area (Å²) < 4.78 is 8.87. The third-order valence-electron chi connectivity index (χ3n) is 6.13. The van der Waals surface area contributed by atoms with Gasteiger partial charge in [-0.05, 0) is 55.1 Å². The average Bonchev–Trinajstić information content (AvgIpc) is 3.71. The highest BCUT2D eigenvalue weighted by molar-refractivity contribution is 8.19. The minimum absolute atomic E-state index is 0.152. The molecular weight excluding hydrogens is 518 g/mol. The lowest BCUT2D eigenvalue weighted by atomic mass is 10.2. The molecule has 1 aliphatic rings. The Kier molecular flexibility index (Phi) is 6.18. The van der Waals surface area contributed by atoms with Crippen molar-refractivity contribution in [3.05, 3.63) is 111 Å². The van der Waals surface area contributed by atoms with E-state index in [1.807, 2.05) is 84.7 Å². The zero-order valence-corrected chi connectivity index (χ0v) is 22.1. The van der Waals surface area contributed by atoms with E-state index in [1.54, 1.807) is 34.1 Å². The monoisotopic (exact) mass is 539 g/mol. The summed E-state index contributed by atoms with van der Waals surface area (Å²) >= 11 is 2.57. The highest BCUT2D eigenvalue weighted by Gasteiger charge is 2.35. The topological polar surface area (TPSA) is 85.6 Å². The quantitative estimate of drug-likeness (QED) is 0.255. The predicted molar refractivity (Wildman–Crippen MR) is 152 cm³/mol. The number of para-hydroxylation sites is 2. The van der Waals surface area contributed by atoms with Gasteiger partial charge in [-0.2, -0.15) is 4.99 Å². The Morgan fingerprint density at radius 3 is 2.34 bits per heavy atom. The van der Waals surface area contributed by atoms with Crippen LogP contribution in [0.3, 0.4) is 0 Å². The number of aliphatic imine (C=N–C) groups is 1. The van der Waals surface area contributed by atoms with Gasteiger partial charge in [-0.1, -0.05) is 36.4 Å². The van der Waals surface area contributed by atoms with Gasteiger partial charge in [-0.25, -0.2) is 9.67 Å². The van der Waals surface area contributed by atoms with Crippen LogP contribution >= 0.6 is 23.1 Å². The molecule has 0 spiro atoms. The first-order valence-electron chi connectivity index (χ1n) is 11.7. The Labute approximate surface area is 226 Å². The molecule has 0 N–H and O–H groups in total. The van der Waals surface area contributed by atoms with Crippen molar-refractivity contribution in [2.75, 3.05) is 4.90 Å². The zero-order valence-electron chi connectivity index (χ0n) is 20.4. The van der Waals surface area contributed by atoms with E-state index in [9.17, 15) is 9.59 Å². The summed E-state index contributed by atoms with van der Waals surface area (Å²) in [5.74, 6) is 0.388. The van der Waals surface area contributed by atoms with Gasteiger partial charge in [-0.15, -0.1) is 11.3 Å². The molecule has 38 heavy (non-hydrogen) atoms. The summed E-state index contributed by atoms with van der Waals surface area (Å²) in [4.78, 5) is 38.3. The van der Waals surface area contributed by atoms with Gasteiger partial charge in [0.25, 0.3) is 11.5 Å². The van der Waals surface area contributed by atoms with Gasteiger partial charge >= 0.3 is 0 Å². The third-order valence-corrected chi connectivity index (χ3v) is 7.83. The first kappa shape index (κ1) is 24.0. The Morgan fingerprint density at radius 1 is 0.947 bits per heavy atom. The summed E-state index contributed by atoms with van der Waals surface area (Å²) in [6.07, 6.45) is 3.27. The number of nitrogens with zero attached hydrogens (tertiary/aromatic N) is 5. The van der Waals surface area contributed by atoms with E-state index in [0.717, 1.165) is 11.4 Å². The molecule has 1 aliphatic heterocycles. The number of anilines is 1. The van der Waals surface area contributed by atoms with E-state index < -0.39 is 0 Å². The van der Waals surface area contributed by atoms with Gasteiger partial charge in [0.05, 0.1) is 33.8 Å². The summed E-state index contributed by atoms with van der Waals surface area (Å²) in [6, 6.07) is 22.4. The number of aromatic nitrogens is 3. The molecule has 3 aromatic heterocycles. The second-order valence-corrected chi connectivity index (χ2v) is 10.3. The molecular formula is C28H21N5O3S2. The molecule has 2 aromatic carbocycles. The first-order chi connectivity index (χ1) is 18.5. The van der Waals surface area contributed by atoms with E-state index >= 15 is 0 Å². The molecule has 8 nitrogen and oxygen atoms in total. The van der Waals surface area contributed by atoms with Crippen molar-refractivity contribution in [1.29, 1.82) is 0 Å². The van der Waals surface area contributed by atoms with E-state index in [-0.39, 0.29) is 11.5 Å². The molecule has 10 heteroatoms. The van der Waals surface area contributed by atoms with Crippen LogP contribution in [0.2, 0.25) is 0 Å². The first-order valence-corrected chi connectivity index (χ1v) is 13.4. The highest BCUT2D eigenvalue weighted by Crippen LogP contribution is 2.38. The van der Waals surface area contributed by atoms with Crippen molar-refractivity contribution in [2.24, 2.45) is 12.0 Å². The van der Waals surface area contributed by atoms with Crippen LogP contribution in [0.15, 0.2) is 104 Å². The molecule has 0 radical (unpaired) electrons. The Morgan fingerprint density at radius 2 is 1.66 bits per heavy atom. The van der Waals surface area contributed by atoms with Gasteiger partial charge in [0.15, 0.2) is 5.17 Å². The van der Waals surface area contributed by atoms with E-state index in [2.05, 4.69) is 4.98 Å². The maximum absolute atomic E-state index is 13.4. The van der Waals surface area contributed by atoms with Gasteiger partial charge < -0.3 is 4.42 Å². The molecule has 0 atom stereocenters. The van der Waals surface area contributed by atoms with Crippen LogP contribution in [-0.2, 0) is 11.8 Å². The highest BCUT2D eigenvalue weighted by atomic mass is 32.2. The van der Waals surface area contributed by atoms with Crippen molar-refractivity contribution in [1.82, 2.24) is 14.3 Å².